The van der Waals surface area contributed by atoms with E-state index in [1.807, 2.05) is 36.4 Å². The number of rotatable bonds is 7. The molecule has 0 aromatic heterocycles. The molecule has 2 aromatic rings. The molecule has 1 heterocycles. The van der Waals surface area contributed by atoms with Gasteiger partial charge in [-0.2, -0.15) is 0 Å². The van der Waals surface area contributed by atoms with Gasteiger partial charge in [-0.25, -0.2) is 0 Å². The fourth-order valence-electron chi connectivity index (χ4n) is 3.11. The lowest BCUT2D eigenvalue weighted by molar-refractivity contribution is -0.115. The summed E-state index contributed by atoms with van der Waals surface area (Å²) in [5, 5.41) is 2.90. The number of hydrogen-bond donors (Lipinski definition) is 1. The summed E-state index contributed by atoms with van der Waals surface area (Å²) in [6.45, 7) is 6.47. The van der Waals surface area contributed by atoms with E-state index in [0.29, 0.717) is 0 Å². The molecule has 1 N–H and O–H groups in total. The third kappa shape index (κ3) is 3.90. The summed E-state index contributed by atoms with van der Waals surface area (Å²) in [5.41, 5.74) is 3.96. The molecule has 4 nitrogen and oxygen atoms in total. The lowest BCUT2D eigenvalue weighted by Crippen LogP contribution is -2.23. The van der Waals surface area contributed by atoms with Crippen LogP contribution in [0.4, 0.5) is 17.1 Å². The van der Waals surface area contributed by atoms with Crippen LogP contribution >= 0.6 is 0 Å². The van der Waals surface area contributed by atoms with E-state index in [2.05, 4.69) is 41.2 Å². The monoisotopic (exact) mass is 335 g/mol. The van der Waals surface area contributed by atoms with Crippen molar-refractivity contribution in [2.45, 2.75) is 32.6 Å². The Morgan fingerprint density at radius 1 is 1.12 bits per heavy atom. The summed E-state index contributed by atoms with van der Waals surface area (Å²) in [7, 11) is 0. The van der Waals surface area contributed by atoms with Gasteiger partial charge in [0.05, 0.1) is 5.69 Å². The zero-order chi connectivity index (χ0) is 17.6. The molecule has 3 rings (SSSR count). The van der Waals surface area contributed by atoms with E-state index in [9.17, 15) is 4.79 Å². The first kappa shape index (κ1) is 17.2. The Morgan fingerprint density at radius 2 is 1.88 bits per heavy atom. The highest BCUT2D eigenvalue weighted by atomic mass is 16.2. The molecule has 25 heavy (non-hydrogen) atoms. The molecule has 0 radical (unpaired) electrons. The van der Waals surface area contributed by atoms with Crippen molar-refractivity contribution in [1.82, 2.24) is 0 Å². The van der Waals surface area contributed by atoms with Crippen LogP contribution in [0.2, 0.25) is 0 Å². The van der Waals surface area contributed by atoms with Crippen molar-refractivity contribution < 1.29 is 4.79 Å². The molecule has 130 valence electrons. The smallest absolute Gasteiger partial charge is 0.237 e. The van der Waals surface area contributed by atoms with Gasteiger partial charge in [0.1, 0.15) is 5.92 Å². The van der Waals surface area contributed by atoms with Gasteiger partial charge in [0.15, 0.2) is 0 Å². The average molecular weight is 335 g/mol. The Morgan fingerprint density at radius 3 is 2.60 bits per heavy atom. The molecule has 1 aliphatic heterocycles. The number of hydrogen-bond acceptors (Lipinski definition) is 3. The first-order valence-corrected chi connectivity index (χ1v) is 9.02. The van der Waals surface area contributed by atoms with Crippen LogP contribution in [-0.4, -0.2) is 25.2 Å². The van der Waals surface area contributed by atoms with Crippen molar-refractivity contribution in [3.63, 3.8) is 0 Å². The number of amides is 1. The highest BCUT2D eigenvalue weighted by Gasteiger charge is 2.28. The van der Waals surface area contributed by atoms with Crippen LogP contribution in [0.15, 0.2) is 53.5 Å². The minimum atomic E-state index is -0.312. The van der Waals surface area contributed by atoms with Crippen molar-refractivity contribution in [2.24, 2.45) is 4.99 Å². The number of anilines is 2. The summed E-state index contributed by atoms with van der Waals surface area (Å²) < 4.78 is 0. The van der Waals surface area contributed by atoms with Gasteiger partial charge in [-0.1, -0.05) is 31.5 Å². The minimum absolute atomic E-state index is 0.0155. The van der Waals surface area contributed by atoms with E-state index in [1.165, 1.54) is 18.5 Å². The van der Waals surface area contributed by atoms with Crippen molar-refractivity contribution in [3.05, 3.63) is 54.1 Å². The predicted octanol–water partition coefficient (Wildman–Crippen LogP) is 4.75. The third-order valence-corrected chi connectivity index (χ3v) is 4.59. The molecule has 2 aromatic carbocycles. The zero-order valence-corrected chi connectivity index (χ0v) is 14.9. The van der Waals surface area contributed by atoms with E-state index < -0.39 is 0 Å². The highest BCUT2D eigenvalue weighted by Crippen LogP contribution is 2.31. The number of carbonyl (C=O) groups is 1. The first-order chi connectivity index (χ1) is 12.2. The molecule has 1 atom stereocenters. The Bertz CT molecular complexity index is 752. The van der Waals surface area contributed by atoms with E-state index in [0.717, 1.165) is 30.0 Å². The van der Waals surface area contributed by atoms with Crippen LogP contribution in [0.1, 0.15) is 38.2 Å². The second-order valence-corrected chi connectivity index (χ2v) is 6.28. The highest BCUT2D eigenvalue weighted by molar-refractivity contribution is 6.12. The molecule has 0 fully saturated rings. The number of fused-ring (bicyclic) bond motifs is 1. The van der Waals surface area contributed by atoms with Crippen molar-refractivity contribution in [2.75, 3.05) is 23.3 Å². The van der Waals surface area contributed by atoms with E-state index in [-0.39, 0.29) is 11.8 Å². The van der Waals surface area contributed by atoms with Gasteiger partial charge in [-0.15, -0.1) is 0 Å². The normalized spacial score (nSPS) is 16.1. The third-order valence-electron chi connectivity index (χ3n) is 4.59. The summed E-state index contributed by atoms with van der Waals surface area (Å²) >= 11 is 0. The summed E-state index contributed by atoms with van der Waals surface area (Å²) in [4.78, 5) is 19.0. The molecule has 0 bridgehead atoms. The first-order valence-electron chi connectivity index (χ1n) is 9.02. The van der Waals surface area contributed by atoms with E-state index in [4.69, 9.17) is 0 Å². The van der Waals surface area contributed by atoms with Gasteiger partial charge < -0.3 is 10.2 Å². The Kier molecular flexibility index (Phi) is 5.49. The quantitative estimate of drug-likeness (QED) is 0.742. The number of unbranched alkanes of at least 4 members (excludes halogenated alkanes) is 1. The summed E-state index contributed by atoms with van der Waals surface area (Å²) in [5.74, 6) is -0.328. The van der Waals surface area contributed by atoms with Gasteiger partial charge >= 0.3 is 0 Å². The maximum absolute atomic E-state index is 12.1. The fourth-order valence-corrected chi connectivity index (χ4v) is 3.11. The van der Waals surface area contributed by atoms with Crippen LogP contribution in [0, 0.1) is 0 Å². The van der Waals surface area contributed by atoms with Gasteiger partial charge in [0, 0.05) is 30.7 Å². The van der Waals surface area contributed by atoms with E-state index in [1.54, 1.807) is 6.21 Å². The van der Waals surface area contributed by atoms with Crippen LogP contribution in [0.3, 0.4) is 0 Å². The molecule has 0 saturated heterocycles. The van der Waals surface area contributed by atoms with Crippen molar-refractivity contribution >= 4 is 29.2 Å². The number of para-hydroxylation sites is 1. The molecular formula is C21H25N3O. The topological polar surface area (TPSA) is 44.7 Å². The fraction of sp³-hybridized carbons (Fsp3) is 0.333. The standard InChI is InChI=1S/C21H25N3O/c1-3-5-14-24(4-2)17-12-10-16(11-13-17)22-15-19-18-8-6-7-9-20(18)23-21(19)25/h6-13,15,19H,3-5,14H2,1-2H3,(H,23,25). The summed E-state index contributed by atoms with van der Waals surface area (Å²) in [6, 6.07) is 16.0. The second-order valence-electron chi connectivity index (χ2n) is 6.28. The zero-order valence-electron chi connectivity index (χ0n) is 14.9. The molecule has 0 aliphatic carbocycles. The average Bonchev–Trinajstić information content (AvgIpc) is 2.96. The van der Waals surface area contributed by atoms with Gasteiger partial charge in [-0.05, 0) is 49.2 Å². The number of carbonyl (C=O) groups excluding carboxylic acids is 1. The second kappa shape index (κ2) is 7.97. The van der Waals surface area contributed by atoms with Gasteiger partial charge in [0.2, 0.25) is 5.91 Å². The van der Waals surface area contributed by atoms with Crippen LogP contribution in [0.25, 0.3) is 0 Å². The lowest BCUT2D eigenvalue weighted by Gasteiger charge is -2.22. The van der Waals surface area contributed by atoms with Crippen LogP contribution in [-0.2, 0) is 4.79 Å². The molecule has 0 spiro atoms. The van der Waals surface area contributed by atoms with Crippen molar-refractivity contribution in [1.29, 1.82) is 0 Å². The van der Waals surface area contributed by atoms with Gasteiger partial charge in [0.25, 0.3) is 0 Å². The number of nitrogens with zero attached hydrogens (tertiary/aromatic N) is 2. The van der Waals surface area contributed by atoms with Gasteiger partial charge in [-0.3, -0.25) is 9.79 Å². The van der Waals surface area contributed by atoms with E-state index >= 15 is 0 Å². The molecular weight excluding hydrogens is 310 g/mol. The van der Waals surface area contributed by atoms with Crippen LogP contribution < -0.4 is 10.2 Å². The molecule has 1 amide bonds. The molecule has 4 heteroatoms. The minimum Gasteiger partial charge on any atom is -0.372 e. The maximum Gasteiger partial charge on any atom is 0.237 e. The largest absolute Gasteiger partial charge is 0.372 e. The number of nitrogens with one attached hydrogen (secondary N) is 1. The molecule has 0 saturated carbocycles. The molecule has 1 unspecified atom stereocenters. The Balaban J connectivity index is 1.71. The summed E-state index contributed by atoms with van der Waals surface area (Å²) in [6.07, 6.45) is 4.14. The SMILES string of the molecule is CCCCN(CC)c1ccc(N=CC2C(=O)Nc3ccccc32)cc1. The Hall–Kier alpha value is -2.62. The maximum atomic E-state index is 12.1. The predicted molar refractivity (Wildman–Crippen MR) is 105 cm³/mol. The Labute approximate surface area is 149 Å². The van der Waals surface area contributed by atoms with Crippen LogP contribution in [0.5, 0.6) is 0 Å². The molecule has 1 aliphatic rings. The van der Waals surface area contributed by atoms with Crippen molar-refractivity contribution in [3.8, 4) is 0 Å². The number of aliphatic imine (C=N–C) groups is 1. The lowest BCUT2D eigenvalue weighted by atomic mass is 10.0. The number of benzene rings is 2.